The zero-order valence-electron chi connectivity index (χ0n) is 13.8. The summed E-state index contributed by atoms with van der Waals surface area (Å²) in [6, 6.07) is 6.16. The molecule has 2 atom stereocenters. The average molecular weight is 381 g/mol. The minimum atomic E-state index is -0.225. The molecule has 0 aromatic heterocycles. The second-order valence-electron chi connectivity index (χ2n) is 6.38. The molecular formula is C18H25BrN2O2. The maximum atomic E-state index is 11.9. The molecule has 1 heterocycles. The first kappa shape index (κ1) is 18.0. The number of rotatable bonds is 3. The molecule has 1 aliphatic carbocycles. The first-order chi connectivity index (χ1) is 10.6. The van der Waals surface area contributed by atoms with Crippen molar-refractivity contribution in [2.45, 2.75) is 38.5 Å². The van der Waals surface area contributed by atoms with E-state index in [1.165, 1.54) is 29.7 Å². The van der Waals surface area contributed by atoms with Crippen LogP contribution in [0.3, 0.4) is 0 Å². The highest BCUT2D eigenvalue weighted by Crippen LogP contribution is 2.39. The number of methoxy groups -OCH3 is 1. The molecule has 5 heteroatoms. The van der Waals surface area contributed by atoms with Crippen molar-refractivity contribution in [3.05, 3.63) is 29.3 Å². The van der Waals surface area contributed by atoms with Crippen LogP contribution in [-0.2, 0) is 11.2 Å². The Labute approximate surface area is 148 Å². The van der Waals surface area contributed by atoms with Gasteiger partial charge in [0.1, 0.15) is 18.8 Å². The summed E-state index contributed by atoms with van der Waals surface area (Å²) in [5.74, 6) is 0.605. The molecule has 1 aromatic rings. The zero-order valence-corrected chi connectivity index (χ0v) is 15.4. The number of ether oxygens (including phenoxy) is 1. The number of carbonyl (C=O) groups excluding carboxylic acids is 1. The van der Waals surface area contributed by atoms with Gasteiger partial charge in [-0.3, -0.25) is 4.79 Å². The standard InChI is InChI=1S/C18H24N2O2.BrH/c1-12(18(19)21)17-14-6-5-7-16(22-2)13(14)8-9-15(17)20-10-3-4-11-20;/h5-7,12,17H,3-4,8-11H2,1-2H3,(H-,19,21);1H. The van der Waals surface area contributed by atoms with Crippen molar-refractivity contribution in [1.82, 2.24) is 0 Å². The van der Waals surface area contributed by atoms with Crippen LogP contribution in [0.4, 0.5) is 0 Å². The van der Waals surface area contributed by atoms with Gasteiger partial charge in [0.15, 0.2) is 5.71 Å². The number of hydrogen-bond donors (Lipinski definition) is 1. The quantitative estimate of drug-likeness (QED) is 0.690. The molecule has 1 fully saturated rings. The van der Waals surface area contributed by atoms with Gasteiger partial charge in [0, 0.05) is 19.3 Å². The Morgan fingerprint density at radius 3 is 2.61 bits per heavy atom. The summed E-state index contributed by atoms with van der Waals surface area (Å²) in [7, 11) is 1.71. The maximum absolute atomic E-state index is 11.9. The van der Waals surface area contributed by atoms with E-state index in [4.69, 9.17) is 10.5 Å². The fourth-order valence-electron chi connectivity index (χ4n) is 4.00. The lowest BCUT2D eigenvalue weighted by atomic mass is 9.74. The average Bonchev–Trinajstić information content (AvgIpc) is 3.06. The van der Waals surface area contributed by atoms with Crippen LogP contribution >= 0.6 is 0 Å². The van der Waals surface area contributed by atoms with E-state index < -0.39 is 0 Å². The third-order valence-electron chi connectivity index (χ3n) is 5.18. The third-order valence-corrected chi connectivity index (χ3v) is 5.18. The van der Waals surface area contributed by atoms with E-state index in [1.807, 2.05) is 19.1 Å². The van der Waals surface area contributed by atoms with Gasteiger partial charge in [-0.1, -0.05) is 19.1 Å². The van der Waals surface area contributed by atoms with Gasteiger partial charge in [0.2, 0.25) is 5.91 Å². The molecule has 2 N–H and O–H groups in total. The minimum Gasteiger partial charge on any atom is -1.00 e. The van der Waals surface area contributed by atoms with Crippen LogP contribution in [0.25, 0.3) is 0 Å². The first-order valence-corrected chi connectivity index (χ1v) is 8.19. The second-order valence-corrected chi connectivity index (χ2v) is 6.38. The van der Waals surface area contributed by atoms with Crippen LogP contribution in [0.1, 0.15) is 43.2 Å². The van der Waals surface area contributed by atoms with E-state index in [2.05, 4.69) is 10.6 Å². The minimum absolute atomic E-state index is 0. The number of halogens is 1. The predicted molar refractivity (Wildman–Crippen MR) is 86.6 cm³/mol. The van der Waals surface area contributed by atoms with Gasteiger partial charge in [0.25, 0.3) is 0 Å². The fraction of sp³-hybridized carbons (Fsp3) is 0.556. The molecule has 4 nitrogen and oxygen atoms in total. The number of nitrogens with two attached hydrogens (primary N) is 1. The zero-order chi connectivity index (χ0) is 15.7. The Kier molecular flexibility index (Phi) is 5.84. The molecular weight excluding hydrogens is 356 g/mol. The first-order valence-electron chi connectivity index (χ1n) is 8.19. The van der Waals surface area contributed by atoms with Crippen molar-refractivity contribution in [3.8, 4) is 5.75 Å². The van der Waals surface area contributed by atoms with Gasteiger partial charge < -0.3 is 27.5 Å². The van der Waals surface area contributed by atoms with E-state index in [9.17, 15) is 4.79 Å². The second kappa shape index (κ2) is 7.47. The summed E-state index contributed by atoms with van der Waals surface area (Å²) in [6.45, 7) is 4.17. The number of fused-ring (bicyclic) bond motifs is 1. The Morgan fingerprint density at radius 1 is 1.30 bits per heavy atom. The molecule has 126 valence electrons. The van der Waals surface area contributed by atoms with E-state index in [0.29, 0.717) is 0 Å². The van der Waals surface area contributed by atoms with Gasteiger partial charge in [-0.05, 0) is 23.6 Å². The molecule has 2 unspecified atom stereocenters. The van der Waals surface area contributed by atoms with E-state index in [-0.39, 0.29) is 34.7 Å². The van der Waals surface area contributed by atoms with E-state index in [1.54, 1.807) is 7.11 Å². The lowest BCUT2D eigenvalue weighted by Crippen LogP contribution is -3.00. The van der Waals surface area contributed by atoms with E-state index in [0.717, 1.165) is 31.7 Å². The monoisotopic (exact) mass is 380 g/mol. The van der Waals surface area contributed by atoms with Crippen molar-refractivity contribution >= 4 is 11.6 Å². The van der Waals surface area contributed by atoms with Gasteiger partial charge >= 0.3 is 0 Å². The summed E-state index contributed by atoms with van der Waals surface area (Å²) < 4.78 is 8.00. The molecule has 0 bridgehead atoms. The summed E-state index contributed by atoms with van der Waals surface area (Å²) in [5, 5.41) is 0. The number of amides is 1. The molecule has 2 aliphatic rings. The van der Waals surface area contributed by atoms with Gasteiger partial charge in [-0.2, -0.15) is 0 Å². The molecule has 3 rings (SSSR count). The van der Waals surface area contributed by atoms with Crippen LogP contribution in [0, 0.1) is 5.92 Å². The number of hydrogen-bond acceptors (Lipinski definition) is 2. The van der Waals surface area contributed by atoms with Crippen LogP contribution in [0.15, 0.2) is 18.2 Å². The summed E-state index contributed by atoms with van der Waals surface area (Å²) in [5.41, 5.74) is 9.51. The fourth-order valence-corrected chi connectivity index (χ4v) is 4.00. The SMILES string of the molecule is COc1cccc2c1CCC(=[N+]1CCCC1)C2C(C)C(N)=O.[Br-]. The number of nitrogens with zero attached hydrogens (tertiary/aromatic N) is 1. The number of primary amides is 1. The number of benzene rings is 1. The summed E-state index contributed by atoms with van der Waals surface area (Å²) >= 11 is 0. The van der Waals surface area contributed by atoms with Crippen LogP contribution in [-0.4, -0.2) is 36.4 Å². The van der Waals surface area contributed by atoms with E-state index >= 15 is 0 Å². The maximum Gasteiger partial charge on any atom is 0.221 e. The Hall–Kier alpha value is -1.36. The lowest BCUT2D eigenvalue weighted by Gasteiger charge is -2.29. The molecule has 1 saturated heterocycles. The van der Waals surface area contributed by atoms with Crippen molar-refractivity contribution < 1.29 is 31.1 Å². The molecule has 0 radical (unpaired) electrons. The normalized spacial score (nSPS) is 21.4. The predicted octanol–water partition coefficient (Wildman–Crippen LogP) is -0.902. The highest BCUT2D eigenvalue weighted by Gasteiger charge is 2.39. The highest BCUT2D eigenvalue weighted by atomic mass is 79.9. The molecule has 1 amide bonds. The van der Waals surface area contributed by atoms with Crippen LogP contribution in [0.5, 0.6) is 5.75 Å². The molecule has 1 aliphatic heterocycles. The summed E-state index contributed by atoms with van der Waals surface area (Å²) in [6.07, 6.45) is 4.46. The third kappa shape index (κ3) is 3.30. The highest BCUT2D eigenvalue weighted by molar-refractivity contribution is 5.94. The van der Waals surface area contributed by atoms with Crippen molar-refractivity contribution in [3.63, 3.8) is 0 Å². The molecule has 23 heavy (non-hydrogen) atoms. The van der Waals surface area contributed by atoms with Gasteiger partial charge in [-0.25, -0.2) is 4.58 Å². The van der Waals surface area contributed by atoms with Crippen molar-refractivity contribution in [2.24, 2.45) is 11.7 Å². The van der Waals surface area contributed by atoms with Gasteiger partial charge in [0.05, 0.1) is 18.9 Å². The topological polar surface area (TPSA) is 55.3 Å². The van der Waals surface area contributed by atoms with Crippen molar-refractivity contribution in [2.75, 3.05) is 20.2 Å². The lowest BCUT2D eigenvalue weighted by molar-refractivity contribution is -0.509. The van der Waals surface area contributed by atoms with Crippen LogP contribution in [0.2, 0.25) is 0 Å². The Bertz CT molecular complexity index is 619. The smallest absolute Gasteiger partial charge is 0.221 e. The largest absolute Gasteiger partial charge is 1.00 e. The summed E-state index contributed by atoms with van der Waals surface area (Å²) in [4.78, 5) is 11.9. The number of carbonyl (C=O) groups is 1. The molecule has 1 aromatic carbocycles. The van der Waals surface area contributed by atoms with Crippen LogP contribution < -0.4 is 27.5 Å². The van der Waals surface area contributed by atoms with Crippen molar-refractivity contribution in [1.29, 1.82) is 0 Å². The molecule has 0 spiro atoms. The Balaban J connectivity index is 0.00000192. The molecule has 0 saturated carbocycles. The Morgan fingerprint density at radius 2 is 2.00 bits per heavy atom. The van der Waals surface area contributed by atoms with Gasteiger partial charge in [-0.15, -0.1) is 0 Å².